The second kappa shape index (κ2) is 5.97. The summed E-state index contributed by atoms with van der Waals surface area (Å²) < 4.78 is 4.61. The molecule has 4 nitrogen and oxygen atoms in total. The molecule has 56 valence electrons. The van der Waals surface area contributed by atoms with Gasteiger partial charge in [0, 0.05) is 13.1 Å². The third kappa shape index (κ3) is 7.84. The number of nitrogens with two attached hydrogens (primary N) is 2. The van der Waals surface area contributed by atoms with Crippen molar-refractivity contribution in [1.29, 1.82) is 0 Å². The summed E-state index contributed by atoms with van der Waals surface area (Å²) in [5, 5.41) is 8.08. The molecule has 1 atom stereocenters. The molecule has 0 bridgehead atoms. The van der Waals surface area contributed by atoms with Crippen molar-refractivity contribution in [2.45, 2.75) is 6.10 Å². The molecule has 0 amide bonds. The molecule has 0 aromatic heterocycles. The minimum absolute atomic E-state index is 0.190. The highest BCUT2D eigenvalue weighted by Gasteiger charge is 2.19. The van der Waals surface area contributed by atoms with Crippen LogP contribution in [0.5, 0.6) is 0 Å². The molecule has 1 heterocycles. The van der Waals surface area contributed by atoms with E-state index in [1.165, 1.54) is 0 Å². The Bertz CT molecular complexity index is 54.9. The number of hydrogen-bond donors (Lipinski definition) is 3. The largest absolute Gasteiger partial charge is 0.394 e. The molecule has 5 N–H and O–H groups in total. The van der Waals surface area contributed by atoms with E-state index in [4.69, 9.17) is 16.6 Å². The van der Waals surface area contributed by atoms with Gasteiger partial charge >= 0.3 is 0 Å². The maximum absolute atomic E-state index is 8.08. The van der Waals surface area contributed by atoms with Crippen LogP contribution >= 0.6 is 0 Å². The molecule has 1 aliphatic rings. The number of aliphatic hydroxyl groups is 1. The SMILES string of the molecule is NCCN.OCC1CO1. The van der Waals surface area contributed by atoms with Crippen LogP contribution in [0.4, 0.5) is 0 Å². The van der Waals surface area contributed by atoms with Gasteiger partial charge in [0.05, 0.1) is 13.2 Å². The first-order valence-electron chi connectivity index (χ1n) is 2.97. The average Bonchev–Trinajstić information content (AvgIpc) is 2.70. The molecule has 0 radical (unpaired) electrons. The predicted molar refractivity (Wildman–Crippen MR) is 34.9 cm³/mol. The maximum atomic E-state index is 8.08. The zero-order chi connectivity index (χ0) is 7.11. The lowest BCUT2D eigenvalue weighted by atomic mass is 10.5. The van der Waals surface area contributed by atoms with Crippen LogP contribution in [0.15, 0.2) is 0 Å². The van der Waals surface area contributed by atoms with Crippen molar-refractivity contribution < 1.29 is 9.84 Å². The summed E-state index contributed by atoms with van der Waals surface area (Å²) in [4.78, 5) is 0. The minimum atomic E-state index is 0.190. The van der Waals surface area contributed by atoms with E-state index in [1.54, 1.807) is 0 Å². The number of ether oxygens (including phenoxy) is 1. The van der Waals surface area contributed by atoms with E-state index in [-0.39, 0.29) is 12.7 Å². The minimum Gasteiger partial charge on any atom is -0.394 e. The van der Waals surface area contributed by atoms with Crippen LogP contribution in [0.25, 0.3) is 0 Å². The van der Waals surface area contributed by atoms with Gasteiger partial charge in [-0.25, -0.2) is 0 Å². The Morgan fingerprint density at radius 1 is 1.44 bits per heavy atom. The summed E-state index contributed by atoms with van der Waals surface area (Å²) in [7, 11) is 0. The van der Waals surface area contributed by atoms with Gasteiger partial charge in [0.25, 0.3) is 0 Å². The van der Waals surface area contributed by atoms with E-state index >= 15 is 0 Å². The van der Waals surface area contributed by atoms with Gasteiger partial charge in [-0.1, -0.05) is 0 Å². The number of rotatable bonds is 2. The lowest BCUT2D eigenvalue weighted by Gasteiger charge is -1.72. The summed E-state index contributed by atoms with van der Waals surface area (Å²) in [5.41, 5.74) is 9.81. The Morgan fingerprint density at radius 3 is 1.89 bits per heavy atom. The van der Waals surface area contributed by atoms with Crippen LogP contribution in [0, 0.1) is 0 Å². The second-order valence-electron chi connectivity index (χ2n) is 1.72. The van der Waals surface area contributed by atoms with Gasteiger partial charge in [-0.2, -0.15) is 0 Å². The molecule has 9 heavy (non-hydrogen) atoms. The Hall–Kier alpha value is -0.160. The first-order chi connectivity index (χ1) is 4.35. The third-order valence-corrected chi connectivity index (χ3v) is 0.773. The van der Waals surface area contributed by atoms with Gasteiger partial charge in [-0.15, -0.1) is 0 Å². The summed E-state index contributed by atoms with van der Waals surface area (Å²) in [6, 6.07) is 0. The molecule has 0 aliphatic carbocycles. The summed E-state index contributed by atoms with van der Waals surface area (Å²) >= 11 is 0. The van der Waals surface area contributed by atoms with Crippen molar-refractivity contribution in [1.82, 2.24) is 0 Å². The van der Waals surface area contributed by atoms with Crippen LogP contribution in [0.3, 0.4) is 0 Å². The number of epoxide rings is 1. The maximum Gasteiger partial charge on any atom is 0.104 e. The molecule has 4 heteroatoms. The van der Waals surface area contributed by atoms with Crippen molar-refractivity contribution in [2.24, 2.45) is 11.5 Å². The van der Waals surface area contributed by atoms with Crippen molar-refractivity contribution in [3.63, 3.8) is 0 Å². The Balaban J connectivity index is 0.000000148. The van der Waals surface area contributed by atoms with E-state index in [0.29, 0.717) is 13.1 Å². The smallest absolute Gasteiger partial charge is 0.104 e. The monoisotopic (exact) mass is 134 g/mol. The molecule has 1 unspecified atom stereocenters. The van der Waals surface area contributed by atoms with E-state index < -0.39 is 0 Å². The lowest BCUT2D eigenvalue weighted by Crippen LogP contribution is -2.11. The highest BCUT2D eigenvalue weighted by Crippen LogP contribution is 2.04. The fourth-order valence-electron chi connectivity index (χ4n) is 0.173. The van der Waals surface area contributed by atoms with E-state index in [2.05, 4.69) is 4.74 Å². The lowest BCUT2D eigenvalue weighted by molar-refractivity contribution is 0.244. The Labute approximate surface area is 54.8 Å². The first-order valence-corrected chi connectivity index (χ1v) is 2.97. The molecule has 0 saturated carbocycles. The number of aliphatic hydroxyl groups excluding tert-OH is 1. The molecule has 1 fully saturated rings. The van der Waals surface area contributed by atoms with Crippen LogP contribution in [-0.4, -0.2) is 37.5 Å². The van der Waals surface area contributed by atoms with E-state index in [1.807, 2.05) is 0 Å². The topological polar surface area (TPSA) is 84.8 Å². The molecule has 1 rings (SSSR count). The molecule has 0 aromatic rings. The summed E-state index contributed by atoms with van der Waals surface area (Å²) in [6.45, 7) is 2.15. The van der Waals surface area contributed by atoms with Crippen LogP contribution in [-0.2, 0) is 4.74 Å². The van der Waals surface area contributed by atoms with Gasteiger partial charge in [0.1, 0.15) is 6.10 Å². The van der Waals surface area contributed by atoms with Crippen LogP contribution < -0.4 is 11.5 Å². The van der Waals surface area contributed by atoms with Crippen LogP contribution in [0.2, 0.25) is 0 Å². The molecule has 1 saturated heterocycles. The van der Waals surface area contributed by atoms with E-state index in [0.717, 1.165) is 6.61 Å². The number of hydrogen-bond acceptors (Lipinski definition) is 4. The average molecular weight is 134 g/mol. The van der Waals surface area contributed by atoms with Crippen molar-refractivity contribution in [3.8, 4) is 0 Å². The van der Waals surface area contributed by atoms with E-state index in [9.17, 15) is 0 Å². The quantitative estimate of drug-likeness (QED) is 0.392. The van der Waals surface area contributed by atoms with Gasteiger partial charge in [0.2, 0.25) is 0 Å². The normalized spacial score (nSPS) is 22.3. The second-order valence-corrected chi connectivity index (χ2v) is 1.72. The van der Waals surface area contributed by atoms with Crippen molar-refractivity contribution >= 4 is 0 Å². The molecule has 0 spiro atoms. The molecule has 1 aliphatic heterocycles. The molecular formula is C5H14N2O2. The zero-order valence-corrected chi connectivity index (χ0v) is 5.42. The van der Waals surface area contributed by atoms with Crippen molar-refractivity contribution in [3.05, 3.63) is 0 Å². The summed E-state index contributed by atoms with van der Waals surface area (Å²) in [5.74, 6) is 0. The summed E-state index contributed by atoms with van der Waals surface area (Å²) in [6.07, 6.45) is 0.190. The fraction of sp³-hybridized carbons (Fsp3) is 1.00. The van der Waals surface area contributed by atoms with Gasteiger partial charge < -0.3 is 21.3 Å². The highest BCUT2D eigenvalue weighted by molar-refractivity contribution is 4.65. The zero-order valence-electron chi connectivity index (χ0n) is 5.42. The molecule has 0 aromatic carbocycles. The highest BCUT2D eigenvalue weighted by atomic mass is 16.6. The van der Waals surface area contributed by atoms with Gasteiger partial charge in [-0.3, -0.25) is 0 Å². The van der Waals surface area contributed by atoms with Crippen LogP contribution in [0.1, 0.15) is 0 Å². The fourth-order valence-corrected chi connectivity index (χ4v) is 0.173. The first kappa shape index (κ1) is 8.84. The van der Waals surface area contributed by atoms with Gasteiger partial charge in [0.15, 0.2) is 0 Å². The van der Waals surface area contributed by atoms with Crippen molar-refractivity contribution in [2.75, 3.05) is 26.3 Å². The Kier molecular flexibility index (Phi) is 5.86. The Morgan fingerprint density at radius 2 is 1.89 bits per heavy atom. The standard InChI is InChI=1S/C3H6O2.C2H8N2/c4-1-3-2-5-3;3-1-2-4/h3-4H,1-2H2;1-4H2. The predicted octanol–water partition coefficient (Wildman–Crippen LogP) is -1.72. The molecular weight excluding hydrogens is 120 g/mol. The van der Waals surface area contributed by atoms with Gasteiger partial charge in [-0.05, 0) is 0 Å². The third-order valence-electron chi connectivity index (χ3n) is 0.773.